The van der Waals surface area contributed by atoms with Crippen molar-refractivity contribution in [2.45, 2.75) is 78.6 Å². The summed E-state index contributed by atoms with van der Waals surface area (Å²) < 4.78 is 11.6. The summed E-state index contributed by atoms with van der Waals surface area (Å²) in [6, 6.07) is 12.9. The molecule has 0 unspecified atom stereocenters. The Labute approximate surface area is 336 Å². The zero-order valence-electron chi connectivity index (χ0n) is 33.7. The quantitative estimate of drug-likeness (QED) is 0.134. The van der Waals surface area contributed by atoms with Gasteiger partial charge in [-0.2, -0.15) is 0 Å². The normalized spacial score (nSPS) is 20.7. The minimum atomic E-state index is -0.695. The number of ether oxygens (including phenoxy) is 2. The number of fused-ring (bicyclic) bond motifs is 2. The Hall–Kier alpha value is -5.44. The fourth-order valence-electron chi connectivity index (χ4n) is 8.17. The molecule has 0 radical (unpaired) electrons. The molecule has 2 aliphatic heterocycles. The molecule has 2 saturated heterocycles. The SMILES string of the molecule is COC(=O)N[C@H](C(=O)N1C[C@@H](C)C[C@H]1c1cn2ccc(-c3ccc(-c4cc5[nH]c([C@@H]6C[C@H](C)CN6C(=O)[C@@H](NC(=O)OC)C(C)C)nc5s4)cc3)cc2n1)C(C)C. The number of carbonyl (C=O) groups excluding carboxylic acids is 4. The molecule has 2 fully saturated rings. The molecule has 2 aliphatic rings. The summed E-state index contributed by atoms with van der Waals surface area (Å²) in [5.74, 6) is 0.849. The molecule has 3 N–H and O–H groups in total. The highest BCUT2D eigenvalue weighted by Gasteiger charge is 2.41. The number of methoxy groups -OCH3 is 2. The number of thiophene rings is 1. The summed E-state index contributed by atoms with van der Waals surface area (Å²) in [4.78, 5) is 70.7. The number of nitrogens with one attached hydrogen (secondary N) is 3. The standard InChI is InChI=1S/C42H52N8O6S/c1-22(2)35(45-41(53)55-7)39(51)49-19-24(5)15-31(49)30-21-48-14-13-28(17-34(48)43-30)26-9-11-27(12-10-26)33-18-29-38(57-33)47-37(44-29)32-16-25(6)20-50(32)40(52)36(23(3)4)46-42(54)56-8/h9-14,17-18,21-25,31-32,35-36H,15-16,19-20H2,1-8H3,(H,44,47)(H,45,53)(H,46,54)/t24-,25-,31-,32-,35-,36-/m0/s1. The molecular weight excluding hydrogens is 745 g/mol. The lowest BCUT2D eigenvalue weighted by Crippen LogP contribution is -2.51. The van der Waals surface area contributed by atoms with E-state index in [0.717, 1.165) is 61.9 Å². The third-order valence-corrected chi connectivity index (χ3v) is 12.3. The maximum atomic E-state index is 13.8. The average molecular weight is 797 g/mol. The van der Waals surface area contributed by atoms with E-state index in [9.17, 15) is 19.2 Å². The summed E-state index contributed by atoms with van der Waals surface area (Å²) in [6.07, 6.45) is 4.32. The minimum Gasteiger partial charge on any atom is -0.453 e. The number of amides is 4. The van der Waals surface area contributed by atoms with Crippen molar-refractivity contribution >= 4 is 51.3 Å². The van der Waals surface area contributed by atoms with E-state index in [0.29, 0.717) is 13.1 Å². The topological polar surface area (TPSA) is 163 Å². The third-order valence-electron chi connectivity index (χ3n) is 11.2. The van der Waals surface area contributed by atoms with Crippen LogP contribution in [0.2, 0.25) is 0 Å². The van der Waals surface area contributed by atoms with Crippen molar-refractivity contribution in [3.8, 4) is 21.6 Å². The summed E-state index contributed by atoms with van der Waals surface area (Å²) in [5.41, 5.74) is 5.68. The predicted molar refractivity (Wildman–Crippen MR) is 218 cm³/mol. The lowest BCUT2D eigenvalue weighted by molar-refractivity contribution is -0.136. The first kappa shape index (κ1) is 39.8. The number of alkyl carbamates (subject to hydrolysis) is 2. The van der Waals surface area contributed by atoms with Crippen LogP contribution in [0.25, 0.3) is 37.6 Å². The van der Waals surface area contributed by atoms with Crippen LogP contribution in [0.3, 0.4) is 0 Å². The number of H-pyrrole nitrogens is 1. The molecule has 7 rings (SSSR count). The van der Waals surface area contributed by atoms with Crippen LogP contribution in [0.15, 0.2) is 54.9 Å². The summed E-state index contributed by atoms with van der Waals surface area (Å²) in [5, 5.41) is 5.44. The van der Waals surface area contributed by atoms with Gasteiger partial charge in [0.05, 0.1) is 37.5 Å². The summed E-state index contributed by atoms with van der Waals surface area (Å²) in [6.45, 7) is 13.1. The van der Waals surface area contributed by atoms with Gasteiger partial charge in [-0.15, -0.1) is 11.3 Å². The van der Waals surface area contributed by atoms with Crippen LogP contribution in [0.4, 0.5) is 9.59 Å². The van der Waals surface area contributed by atoms with Crippen LogP contribution < -0.4 is 10.6 Å². The Morgan fingerprint density at radius 1 is 0.772 bits per heavy atom. The summed E-state index contributed by atoms with van der Waals surface area (Å²) >= 11 is 1.60. The molecule has 57 heavy (non-hydrogen) atoms. The van der Waals surface area contributed by atoms with E-state index in [2.05, 4.69) is 71.9 Å². The molecule has 1 aromatic carbocycles. The van der Waals surface area contributed by atoms with Gasteiger partial charge in [0.15, 0.2) is 0 Å². The van der Waals surface area contributed by atoms with Crippen molar-refractivity contribution in [2.75, 3.05) is 27.3 Å². The van der Waals surface area contributed by atoms with Crippen molar-refractivity contribution in [3.05, 3.63) is 66.4 Å². The number of rotatable bonds is 10. The molecule has 5 aromatic rings. The number of benzene rings is 1. The number of aromatic amines is 1. The summed E-state index contributed by atoms with van der Waals surface area (Å²) in [7, 11) is 2.59. The largest absolute Gasteiger partial charge is 0.453 e. The van der Waals surface area contributed by atoms with Gasteiger partial charge in [0.2, 0.25) is 11.8 Å². The monoisotopic (exact) mass is 796 g/mol. The van der Waals surface area contributed by atoms with E-state index >= 15 is 0 Å². The smallest absolute Gasteiger partial charge is 0.407 e. The highest BCUT2D eigenvalue weighted by molar-refractivity contribution is 7.21. The number of hydrogen-bond acceptors (Lipinski definition) is 9. The third kappa shape index (κ3) is 8.07. The van der Waals surface area contributed by atoms with E-state index in [4.69, 9.17) is 19.4 Å². The lowest BCUT2D eigenvalue weighted by Gasteiger charge is -2.30. The van der Waals surface area contributed by atoms with Crippen molar-refractivity contribution in [1.29, 1.82) is 0 Å². The van der Waals surface area contributed by atoms with Crippen LogP contribution in [0, 0.1) is 23.7 Å². The van der Waals surface area contributed by atoms with Crippen LogP contribution in [0.1, 0.15) is 78.0 Å². The van der Waals surface area contributed by atoms with Gasteiger partial charge in [-0.25, -0.2) is 19.6 Å². The first-order chi connectivity index (χ1) is 27.2. The van der Waals surface area contributed by atoms with Gasteiger partial charge in [0.1, 0.15) is 28.4 Å². The van der Waals surface area contributed by atoms with Gasteiger partial charge in [0, 0.05) is 30.4 Å². The number of nitrogens with zero attached hydrogens (tertiary/aromatic N) is 5. The van der Waals surface area contributed by atoms with Gasteiger partial charge in [-0.1, -0.05) is 65.8 Å². The fourth-order valence-corrected chi connectivity index (χ4v) is 9.18. The van der Waals surface area contributed by atoms with Crippen molar-refractivity contribution in [1.82, 2.24) is 39.8 Å². The van der Waals surface area contributed by atoms with Crippen LogP contribution in [-0.4, -0.2) is 92.5 Å². The molecule has 6 heterocycles. The van der Waals surface area contributed by atoms with E-state index in [1.54, 1.807) is 11.3 Å². The number of aromatic nitrogens is 4. The molecule has 4 amide bonds. The van der Waals surface area contributed by atoms with Crippen molar-refractivity contribution in [3.63, 3.8) is 0 Å². The number of imidazole rings is 2. The average Bonchev–Trinajstić information content (AvgIpc) is 4.02. The zero-order chi connectivity index (χ0) is 40.7. The highest BCUT2D eigenvalue weighted by Crippen LogP contribution is 2.40. The second-order valence-corrected chi connectivity index (χ2v) is 17.3. The van der Waals surface area contributed by atoms with Gasteiger partial charge in [-0.05, 0) is 71.4 Å². The molecule has 6 atom stereocenters. The van der Waals surface area contributed by atoms with Crippen LogP contribution in [0.5, 0.6) is 0 Å². The molecule has 0 aliphatic carbocycles. The maximum absolute atomic E-state index is 13.8. The second kappa shape index (κ2) is 16.2. The Bertz CT molecular complexity index is 2250. The molecule has 0 bridgehead atoms. The van der Waals surface area contributed by atoms with Crippen LogP contribution >= 0.6 is 11.3 Å². The molecule has 15 heteroatoms. The maximum Gasteiger partial charge on any atom is 0.407 e. The molecule has 14 nitrogen and oxygen atoms in total. The van der Waals surface area contributed by atoms with Crippen molar-refractivity contribution in [2.24, 2.45) is 23.7 Å². The Morgan fingerprint density at radius 2 is 1.33 bits per heavy atom. The van der Waals surface area contributed by atoms with E-state index in [1.807, 2.05) is 54.3 Å². The van der Waals surface area contributed by atoms with Gasteiger partial charge >= 0.3 is 12.2 Å². The van der Waals surface area contributed by atoms with Gasteiger partial charge in [0.25, 0.3) is 0 Å². The number of pyridine rings is 1. The number of likely N-dealkylation sites (tertiary alicyclic amines) is 2. The molecule has 4 aromatic heterocycles. The molecule has 302 valence electrons. The predicted octanol–water partition coefficient (Wildman–Crippen LogP) is 7.19. The van der Waals surface area contributed by atoms with E-state index < -0.39 is 24.3 Å². The Kier molecular flexibility index (Phi) is 11.3. The number of carbonyl (C=O) groups is 4. The second-order valence-electron chi connectivity index (χ2n) is 16.3. The van der Waals surface area contributed by atoms with Crippen LogP contribution in [-0.2, 0) is 19.1 Å². The Balaban J connectivity index is 1.06. The zero-order valence-corrected chi connectivity index (χ0v) is 34.6. The van der Waals surface area contributed by atoms with Crippen molar-refractivity contribution < 1.29 is 28.7 Å². The van der Waals surface area contributed by atoms with E-state index in [-0.39, 0.29) is 47.6 Å². The van der Waals surface area contributed by atoms with E-state index in [1.165, 1.54) is 14.2 Å². The first-order valence-electron chi connectivity index (χ1n) is 19.6. The molecule has 0 spiro atoms. The fraction of sp³-hybridized carbons (Fsp3) is 0.476. The Morgan fingerprint density at radius 3 is 1.89 bits per heavy atom. The van der Waals surface area contributed by atoms with Gasteiger partial charge < -0.3 is 39.3 Å². The lowest BCUT2D eigenvalue weighted by atomic mass is 10.0. The number of hydrogen-bond donors (Lipinski definition) is 3. The molecule has 0 saturated carbocycles. The minimum absolute atomic E-state index is 0.109. The van der Waals surface area contributed by atoms with Gasteiger partial charge in [-0.3, -0.25) is 9.59 Å². The first-order valence-corrected chi connectivity index (χ1v) is 20.4. The highest BCUT2D eigenvalue weighted by atomic mass is 32.1. The molecular formula is C42H52N8O6S.